The summed E-state index contributed by atoms with van der Waals surface area (Å²) in [5, 5.41) is 0. The van der Waals surface area contributed by atoms with Gasteiger partial charge in [0.25, 0.3) is 5.91 Å². The number of nitrogens with one attached hydrogen (secondary N) is 1. The Bertz CT molecular complexity index is 1130. The fraction of sp³-hybridized carbons (Fsp3) is 0.400. The van der Waals surface area contributed by atoms with E-state index >= 15 is 0 Å². The fourth-order valence-electron chi connectivity index (χ4n) is 3.96. The van der Waals surface area contributed by atoms with E-state index in [-0.39, 0.29) is 28.8 Å². The van der Waals surface area contributed by atoms with E-state index in [1.807, 2.05) is 0 Å². The molecular formula is C20H23N5O4. The van der Waals surface area contributed by atoms with Crippen LogP contribution in [0.3, 0.4) is 0 Å². The summed E-state index contributed by atoms with van der Waals surface area (Å²) in [5.41, 5.74) is 6.47. The van der Waals surface area contributed by atoms with Crippen molar-refractivity contribution in [3.8, 4) is 22.9 Å². The Morgan fingerprint density at radius 2 is 1.93 bits per heavy atom. The van der Waals surface area contributed by atoms with Gasteiger partial charge in [-0.25, -0.2) is 14.8 Å². The van der Waals surface area contributed by atoms with Gasteiger partial charge < -0.3 is 20.2 Å². The van der Waals surface area contributed by atoms with Crippen molar-refractivity contribution in [2.24, 2.45) is 5.73 Å². The Morgan fingerprint density at radius 3 is 2.59 bits per heavy atom. The first kappa shape index (κ1) is 19.0. The molecule has 9 nitrogen and oxygen atoms in total. The number of aromatic nitrogens is 4. The summed E-state index contributed by atoms with van der Waals surface area (Å²) in [4.78, 5) is 36.5. The van der Waals surface area contributed by atoms with Crippen molar-refractivity contribution in [3.05, 3.63) is 34.4 Å². The Hall–Kier alpha value is -3.36. The quantitative estimate of drug-likeness (QED) is 0.681. The van der Waals surface area contributed by atoms with Crippen molar-refractivity contribution in [2.45, 2.75) is 38.1 Å². The molecule has 1 aliphatic carbocycles. The van der Waals surface area contributed by atoms with Gasteiger partial charge in [0.1, 0.15) is 17.0 Å². The van der Waals surface area contributed by atoms with E-state index in [0.717, 1.165) is 32.1 Å². The summed E-state index contributed by atoms with van der Waals surface area (Å²) in [5.74, 6) is 0.626. The highest BCUT2D eigenvalue weighted by atomic mass is 16.5. The minimum absolute atomic E-state index is 0.0190. The zero-order valence-electron chi connectivity index (χ0n) is 16.4. The van der Waals surface area contributed by atoms with Gasteiger partial charge >= 0.3 is 5.69 Å². The average molecular weight is 397 g/mol. The average Bonchev–Trinajstić information content (AvgIpc) is 3.08. The largest absolute Gasteiger partial charge is 0.497 e. The number of methoxy groups -OCH3 is 2. The first-order valence-electron chi connectivity index (χ1n) is 9.58. The lowest BCUT2D eigenvalue weighted by molar-refractivity contribution is 0.0997. The van der Waals surface area contributed by atoms with Gasteiger partial charge in [-0.2, -0.15) is 0 Å². The maximum Gasteiger partial charge on any atom is 0.327 e. The second kappa shape index (κ2) is 7.57. The van der Waals surface area contributed by atoms with E-state index in [2.05, 4.69) is 15.0 Å². The van der Waals surface area contributed by atoms with Crippen LogP contribution in [-0.4, -0.2) is 39.6 Å². The molecule has 0 bridgehead atoms. The number of aromatic amines is 1. The minimum Gasteiger partial charge on any atom is -0.497 e. The fourth-order valence-corrected chi connectivity index (χ4v) is 3.96. The molecule has 2 heterocycles. The number of primary amides is 1. The number of hydrogen-bond acceptors (Lipinski definition) is 6. The number of H-pyrrole nitrogens is 1. The van der Waals surface area contributed by atoms with E-state index in [9.17, 15) is 9.59 Å². The van der Waals surface area contributed by atoms with Crippen molar-refractivity contribution >= 4 is 17.1 Å². The molecule has 0 spiro atoms. The summed E-state index contributed by atoms with van der Waals surface area (Å²) in [6, 6.07) is 5.24. The molecule has 2 aromatic heterocycles. The Balaban J connectivity index is 1.96. The van der Waals surface area contributed by atoms with Crippen molar-refractivity contribution in [1.29, 1.82) is 0 Å². The first-order chi connectivity index (χ1) is 14.0. The van der Waals surface area contributed by atoms with Crippen LogP contribution >= 0.6 is 0 Å². The minimum atomic E-state index is -0.733. The van der Waals surface area contributed by atoms with Crippen molar-refractivity contribution in [3.63, 3.8) is 0 Å². The first-order valence-corrected chi connectivity index (χ1v) is 9.58. The number of amides is 1. The number of nitrogens with two attached hydrogens (primary N) is 1. The summed E-state index contributed by atoms with van der Waals surface area (Å²) in [7, 11) is 3.09. The van der Waals surface area contributed by atoms with Crippen LogP contribution in [0.2, 0.25) is 0 Å². The third kappa shape index (κ3) is 3.32. The lowest BCUT2D eigenvalue weighted by atomic mass is 9.95. The monoisotopic (exact) mass is 397 g/mol. The number of ether oxygens (including phenoxy) is 2. The molecule has 0 unspecified atom stereocenters. The lowest BCUT2D eigenvalue weighted by Gasteiger charge is -2.22. The lowest BCUT2D eigenvalue weighted by Crippen LogP contribution is -2.24. The number of fused-ring (bicyclic) bond motifs is 1. The molecular weight excluding hydrogens is 374 g/mol. The van der Waals surface area contributed by atoms with Crippen molar-refractivity contribution < 1.29 is 14.3 Å². The number of carbonyl (C=O) groups excluding carboxylic acids is 1. The molecule has 3 aromatic rings. The van der Waals surface area contributed by atoms with Crippen LogP contribution in [0.15, 0.2) is 23.0 Å². The van der Waals surface area contributed by atoms with Crippen LogP contribution in [0.4, 0.5) is 0 Å². The second-order valence-electron chi connectivity index (χ2n) is 7.12. The molecule has 0 atom stereocenters. The zero-order valence-corrected chi connectivity index (χ0v) is 16.4. The van der Waals surface area contributed by atoms with Crippen LogP contribution in [0.1, 0.15) is 48.6 Å². The number of imidazole rings is 1. The maximum absolute atomic E-state index is 12.7. The van der Waals surface area contributed by atoms with E-state index in [1.165, 1.54) is 7.11 Å². The highest BCUT2D eigenvalue weighted by Crippen LogP contribution is 2.34. The van der Waals surface area contributed by atoms with Gasteiger partial charge in [-0.3, -0.25) is 9.36 Å². The number of nitrogens with zero attached hydrogens (tertiary/aromatic N) is 3. The summed E-state index contributed by atoms with van der Waals surface area (Å²) in [6.45, 7) is 0. The second-order valence-corrected chi connectivity index (χ2v) is 7.12. The van der Waals surface area contributed by atoms with E-state index < -0.39 is 5.91 Å². The summed E-state index contributed by atoms with van der Waals surface area (Å²) < 4.78 is 12.3. The van der Waals surface area contributed by atoms with Gasteiger partial charge in [-0.15, -0.1) is 0 Å². The van der Waals surface area contributed by atoms with Crippen LogP contribution in [0, 0.1) is 0 Å². The Labute approximate surface area is 166 Å². The Kier molecular flexibility index (Phi) is 4.96. The Morgan fingerprint density at radius 1 is 1.17 bits per heavy atom. The predicted molar refractivity (Wildman–Crippen MR) is 107 cm³/mol. The van der Waals surface area contributed by atoms with Crippen LogP contribution in [0.5, 0.6) is 11.5 Å². The molecule has 3 N–H and O–H groups in total. The topological polar surface area (TPSA) is 125 Å². The van der Waals surface area contributed by atoms with Gasteiger partial charge in [0, 0.05) is 12.1 Å². The normalized spacial score (nSPS) is 14.8. The van der Waals surface area contributed by atoms with Crippen LogP contribution < -0.4 is 20.9 Å². The van der Waals surface area contributed by atoms with E-state index in [1.54, 1.807) is 29.9 Å². The van der Waals surface area contributed by atoms with Gasteiger partial charge in [0.05, 0.1) is 19.8 Å². The molecule has 1 aromatic carbocycles. The SMILES string of the molecule is COc1ccc(-c2nc(C(N)=O)c3[nH]c(=O)n(C4CCCCC4)c3n2)c(OC)c1. The standard InChI is InChI=1S/C20H23N5O4/c1-28-12-8-9-13(14(10-12)29-2)18-22-15(17(21)26)16-19(24-18)25(20(27)23-16)11-6-4-3-5-7-11/h8-11H,3-7H2,1-2H3,(H2,21,26)(H,23,27). The van der Waals surface area contributed by atoms with E-state index in [4.69, 9.17) is 15.2 Å². The molecule has 1 saturated carbocycles. The molecule has 0 aliphatic heterocycles. The molecule has 1 aliphatic rings. The molecule has 4 rings (SSSR count). The summed E-state index contributed by atoms with van der Waals surface area (Å²) in [6.07, 6.45) is 5.05. The maximum atomic E-state index is 12.7. The molecule has 0 radical (unpaired) electrons. The highest BCUT2D eigenvalue weighted by molar-refractivity contribution is 6.02. The number of benzene rings is 1. The van der Waals surface area contributed by atoms with Crippen LogP contribution in [-0.2, 0) is 0 Å². The number of hydrogen-bond donors (Lipinski definition) is 2. The van der Waals surface area contributed by atoms with Gasteiger partial charge in [0.2, 0.25) is 0 Å². The predicted octanol–water partition coefficient (Wildman–Crippen LogP) is 2.41. The molecule has 152 valence electrons. The number of rotatable bonds is 5. The highest BCUT2D eigenvalue weighted by Gasteiger charge is 2.25. The zero-order chi connectivity index (χ0) is 20.5. The molecule has 9 heteroatoms. The van der Waals surface area contributed by atoms with Gasteiger partial charge in [-0.1, -0.05) is 19.3 Å². The molecule has 29 heavy (non-hydrogen) atoms. The number of carbonyl (C=O) groups is 1. The van der Waals surface area contributed by atoms with Crippen molar-refractivity contribution in [2.75, 3.05) is 14.2 Å². The smallest absolute Gasteiger partial charge is 0.327 e. The molecule has 1 fully saturated rings. The third-order valence-corrected chi connectivity index (χ3v) is 5.39. The van der Waals surface area contributed by atoms with Crippen molar-refractivity contribution in [1.82, 2.24) is 19.5 Å². The van der Waals surface area contributed by atoms with Gasteiger partial charge in [0.15, 0.2) is 17.2 Å². The van der Waals surface area contributed by atoms with E-state index in [0.29, 0.717) is 22.7 Å². The molecule has 1 amide bonds. The summed E-state index contributed by atoms with van der Waals surface area (Å²) >= 11 is 0. The van der Waals surface area contributed by atoms with Gasteiger partial charge in [-0.05, 0) is 25.0 Å². The molecule has 0 saturated heterocycles. The third-order valence-electron chi connectivity index (χ3n) is 5.39. The van der Waals surface area contributed by atoms with Crippen LogP contribution in [0.25, 0.3) is 22.6 Å².